The summed E-state index contributed by atoms with van der Waals surface area (Å²) in [6.07, 6.45) is 1.95. The molecular formula is C27H26Cl2O. The van der Waals surface area contributed by atoms with E-state index in [1.807, 2.05) is 24.3 Å². The van der Waals surface area contributed by atoms with Crippen LogP contribution in [0.15, 0.2) is 102 Å². The summed E-state index contributed by atoms with van der Waals surface area (Å²) < 4.78 is 7.27. The van der Waals surface area contributed by atoms with Crippen LogP contribution in [0, 0.1) is 17.3 Å². The third-order valence-electron chi connectivity index (χ3n) is 6.47. The van der Waals surface area contributed by atoms with Gasteiger partial charge in [0, 0.05) is 0 Å². The van der Waals surface area contributed by atoms with Crippen LogP contribution in [-0.2, 0) is 10.3 Å². The second kappa shape index (κ2) is 8.59. The van der Waals surface area contributed by atoms with Gasteiger partial charge in [-0.25, -0.2) is 0 Å². The maximum atomic E-state index is 6.94. The molecular weight excluding hydrogens is 411 g/mol. The second-order valence-corrected chi connectivity index (χ2v) is 9.51. The Morgan fingerprint density at radius 1 is 0.800 bits per heavy atom. The number of benzene rings is 3. The van der Waals surface area contributed by atoms with E-state index < -0.39 is 5.60 Å². The summed E-state index contributed by atoms with van der Waals surface area (Å²) in [6.45, 7) is 5.09. The summed E-state index contributed by atoms with van der Waals surface area (Å²) >= 11 is 11.9. The van der Waals surface area contributed by atoms with Crippen molar-refractivity contribution in [2.75, 3.05) is 6.61 Å². The number of hydrogen-bond donors (Lipinski definition) is 0. The number of allylic oxidation sites excluding steroid dienone is 1. The van der Waals surface area contributed by atoms with Crippen molar-refractivity contribution in [1.29, 1.82) is 0 Å². The first-order valence-electron chi connectivity index (χ1n) is 10.3. The zero-order chi connectivity index (χ0) is 21.2. The topological polar surface area (TPSA) is 9.23 Å². The minimum absolute atomic E-state index is 0.102. The summed E-state index contributed by atoms with van der Waals surface area (Å²) in [7, 11) is 0. The van der Waals surface area contributed by atoms with Crippen molar-refractivity contribution in [2.24, 2.45) is 17.3 Å². The van der Waals surface area contributed by atoms with E-state index in [1.54, 1.807) is 0 Å². The van der Waals surface area contributed by atoms with Crippen LogP contribution in [0.3, 0.4) is 0 Å². The van der Waals surface area contributed by atoms with Crippen LogP contribution in [0.2, 0.25) is 0 Å². The number of halogens is 2. The molecule has 0 N–H and O–H groups in total. The molecule has 1 aliphatic carbocycles. The third kappa shape index (κ3) is 3.95. The molecule has 0 saturated heterocycles. The van der Waals surface area contributed by atoms with Crippen LogP contribution in [-0.4, -0.2) is 6.61 Å². The molecule has 30 heavy (non-hydrogen) atoms. The Bertz CT molecular complexity index is 896. The normalized spacial score (nSPS) is 19.9. The lowest BCUT2D eigenvalue weighted by molar-refractivity contribution is 0.00136. The Balaban J connectivity index is 1.79. The van der Waals surface area contributed by atoms with Crippen LogP contribution >= 0.6 is 23.2 Å². The molecule has 1 fully saturated rings. The molecule has 154 valence electrons. The highest BCUT2D eigenvalue weighted by atomic mass is 35.5. The van der Waals surface area contributed by atoms with Gasteiger partial charge in [-0.05, 0) is 33.9 Å². The van der Waals surface area contributed by atoms with Gasteiger partial charge in [-0.2, -0.15) is 0 Å². The summed E-state index contributed by atoms with van der Waals surface area (Å²) in [6, 6.07) is 31.4. The van der Waals surface area contributed by atoms with Gasteiger partial charge in [-0.3, -0.25) is 0 Å². The lowest BCUT2D eigenvalue weighted by atomic mass is 9.80. The molecule has 3 heteroatoms. The van der Waals surface area contributed by atoms with Gasteiger partial charge >= 0.3 is 0 Å². The van der Waals surface area contributed by atoms with Crippen molar-refractivity contribution < 1.29 is 4.74 Å². The number of hydrogen-bond acceptors (Lipinski definition) is 1. The highest BCUT2D eigenvalue weighted by Crippen LogP contribution is 2.60. The minimum atomic E-state index is -0.693. The van der Waals surface area contributed by atoms with Crippen molar-refractivity contribution in [2.45, 2.75) is 19.4 Å². The van der Waals surface area contributed by atoms with Gasteiger partial charge < -0.3 is 4.74 Å². The maximum absolute atomic E-state index is 6.94. The van der Waals surface area contributed by atoms with E-state index in [4.69, 9.17) is 27.9 Å². The first kappa shape index (κ1) is 21.2. The van der Waals surface area contributed by atoms with E-state index >= 15 is 0 Å². The fourth-order valence-electron chi connectivity index (χ4n) is 4.55. The first-order valence-corrected chi connectivity index (χ1v) is 11.0. The Kier molecular flexibility index (Phi) is 6.06. The van der Waals surface area contributed by atoms with Crippen molar-refractivity contribution in [1.82, 2.24) is 0 Å². The maximum Gasteiger partial charge on any atom is 0.143 e. The van der Waals surface area contributed by atoms with Gasteiger partial charge in [0.2, 0.25) is 0 Å². The largest absolute Gasteiger partial charge is 0.361 e. The Morgan fingerprint density at radius 2 is 1.20 bits per heavy atom. The smallest absolute Gasteiger partial charge is 0.143 e. The number of rotatable bonds is 7. The first-order chi connectivity index (χ1) is 14.5. The molecule has 2 atom stereocenters. The van der Waals surface area contributed by atoms with Crippen LogP contribution < -0.4 is 0 Å². The summed E-state index contributed by atoms with van der Waals surface area (Å²) in [4.78, 5) is 0. The van der Waals surface area contributed by atoms with Gasteiger partial charge in [-0.15, -0.1) is 0 Å². The molecule has 2 unspecified atom stereocenters. The molecule has 0 aliphatic heterocycles. The van der Waals surface area contributed by atoms with Gasteiger partial charge in [0.05, 0.1) is 6.61 Å². The standard InChI is InChI=1S/C27H26Cl2O/c1-26(2)23(18-25(28)29)24(26)19-30-27(20-12-6-3-7-13-20,21-14-8-4-9-15-21)22-16-10-5-11-17-22/h3-18,23-24H,19H2,1-2H3. The molecule has 1 aliphatic rings. The molecule has 0 amide bonds. The lowest BCUT2D eigenvalue weighted by Crippen LogP contribution is -2.34. The van der Waals surface area contributed by atoms with Crippen LogP contribution in [0.4, 0.5) is 0 Å². The van der Waals surface area contributed by atoms with Crippen LogP contribution in [0.5, 0.6) is 0 Å². The molecule has 1 saturated carbocycles. The highest BCUT2D eigenvalue weighted by molar-refractivity contribution is 6.55. The van der Waals surface area contributed by atoms with Gasteiger partial charge in [0.15, 0.2) is 0 Å². The fraction of sp³-hybridized carbons (Fsp3) is 0.259. The molecule has 4 rings (SSSR count). The predicted molar refractivity (Wildman–Crippen MR) is 126 cm³/mol. The summed E-state index contributed by atoms with van der Waals surface area (Å²) in [5.41, 5.74) is 2.75. The van der Waals surface area contributed by atoms with E-state index in [1.165, 1.54) is 0 Å². The van der Waals surface area contributed by atoms with E-state index in [0.29, 0.717) is 22.9 Å². The molecule has 3 aromatic rings. The highest BCUT2D eigenvalue weighted by Gasteiger charge is 2.57. The van der Waals surface area contributed by atoms with Gasteiger partial charge in [0.1, 0.15) is 10.1 Å². The van der Waals surface area contributed by atoms with E-state index in [0.717, 1.165) is 16.7 Å². The second-order valence-electron chi connectivity index (χ2n) is 8.50. The molecule has 0 bridgehead atoms. The van der Waals surface area contributed by atoms with Crippen LogP contribution in [0.25, 0.3) is 0 Å². The molecule has 0 aromatic heterocycles. The average molecular weight is 437 g/mol. The Morgan fingerprint density at radius 3 is 1.57 bits per heavy atom. The average Bonchev–Trinajstić information content (AvgIpc) is 3.28. The Hall–Kier alpha value is -2.06. The predicted octanol–water partition coefficient (Wildman–Crippen LogP) is 7.59. The monoisotopic (exact) mass is 436 g/mol. The molecule has 0 radical (unpaired) electrons. The Labute approximate surface area is 189 Å². The summed E-state index contributed by atoms with van der Waals surface area (Å²) in [5, 5.41) is 0. The van der Waals surface area contributed by atoms with Crippen molar-refractivity contribution in [3.8, 4) is 0 Å². The molecule has 3 aromatic carbocycles. The van der Waals surface area contributed by atoms with Crippen molar-refractivity contribution in [3.63, 3.8) is 0 Å². The quantitative estimate of drug-likeness (QED) is 0.346. The zero-order valence-corrected chi connectivity index (χ0v) is 18.8. The fourth-order valence-corrected chi connectivity index (χ4v) is 4.83. The van der Waals surface area contributed by atoms with Gasteiger partial charge in [-0.1, -0.05) is 134 Å². The van der Waals surface area contributed by atoms with E-state index in [2.05, 4.69) is 86.6 Å². The summed E-state index contributed by atoms with van der Waals surface area (Å²) in [5.74, 6) is 0.656. The molecule has 0 spiro atoms. The minimum Gasteiger partial charge on any atom is -0.361 e. The zero-order valence-electron chi connectivity index (χ0n) is 17.3. The molecule has 1 nitrogen and oxygen atoms in total. The molecule has 0 heterocycles. The third-order valence-corrected chi connectivity index (χ3v) is 6.72. The number of ether oxygens (including phenoxy) is 1. The lowest BCUT2D eigenvalue weighted by Gasteiger charge is -2.36. The van der Waals surface area contributed by atoms with Crippen molar-refractivity contribution >= 4 is 23.2 Å². The van der Waals surface area contributed by atoms with E-state index in [-0.39, 0.29) is 5.41 Å². The van der Waals surface area contributed by atoms with Crippen molar-refractivity contribution in [3.05, 3.63) is 118 Å². The van der Waals surface area contributed by atoms with E-state index in [9.17, 15) is 0 Å². The van der Waals surface area contributed by atoms with Gasteiger partial charge in [0.25, 0.3) is 0 Å². The van der Waals surface area contributed by atoms with Crippen LogP contribution in [0.1, 0.15) is 30.5 Å². The SMILES string of the molecule is CC1(C)C(C=C(Cl)Cl)C1COC(c1ccccc1)(c1ccccc1)c1ccccc1.